The van der Waals surface area contributed by atoms with Gasteiger partial charge in [-0.1, -0.05) is 0 Å². The van der Waals surface area contributed by atoms with Crippen LogP contribution in [0.3, 0.4) is 0 Å². The average molecular weight is 371 g/mol. The molecule has 1 aromatic carbocycles. The number of aliphatic carboxylic acids is 1. The van der Waals surface area contributed by atoms with Gasteiger partial charge in [-0.15, -0.1) is 0 Å². The largest absolute Gasteiger partial charge is 0.481 e. The van der Waals surface area contributed by atoms with Gasteiger partial charge in [0.05, 0.1) is 11.0 Å². The zero-order chi connectivity index (χ0) is 19.6. The molecule has 9 heteroatoms. The third-order valence-corrected chi connectivity index (χ3v) is 3.89. The van der Waals surface area contributed by atoms with Gasteiger partial charge in [0, 0.05) is 24.1 Å². The second-order valence-corrected chi connectivity index (χ2v) is 6.41. The van der Waals surface area contributed by atoms with Gasteiger partial charge in [-0.25, -0.2) is 4.98 Å². The maximum Gasteiger partial charge on any atom is 0.449 e. The molecule has 26 heavy (non-hydrogen) atoms. The Labute approximate surface area is 148 Å². The molecular weight excluding hydrogens is 351 g/mol. The van der Waals surface area contributed by atoms with Crippen molar-refractivity contribution in [3.05, 3.63) is 29.6 Å². The van der Waals surface area contributed by atoms with Gasteiger partial charge in [0.15, 0.2) is 0 Å². The summed E-state index contributed by atoms with van der Waals surface area (Å²) in [6.45, 7) is 4.91. The highest BCUT2D eigenvalue weighted by molar-refractivity contribution is 5.97. The van der Waals surface area contributed by atoms with Gasteiger partial charge in [0.1, 0.15) is 0 Å². The van der Waals surface area contributed by atoms with E-state index in [2.05, 4.69) is 10.3 Å². The highest BCUT2D eigenvalue weighted by Gasteiger charge is 2.38. The van der Waals surface area contributed by atoms with Crippen LogP contribution in [0.25, 0.3) is 11.0 Å². The lowest BCUT2D eigenvalue weighted by molar-refractivity contribution is -0.147. The Morgan fingerprint density at radius 1 is 1.27 bits per heavy atom. The molecule has 0 saturated heterocycles. The average Bonchev–Trinajstić information content (AvgIpc) is 2.91. The zero-order valence-electron chi connectivity index (χ0n) is 14.6. The van der Waals surface area contributed by atoms with Crippen LogP contribution in [0.1, 0.15) is 55.8 Å². The van der Waals surface area contributed by atoms with Gasteiger partial charge in [-0.2, -0.15) is 13.2 Å². The smallest absolute Gasteiger partial charge is 0.449 e. The van der Waals surface area contributed by atoms with Crippen LogP contribution in [0.5, 0.6) is 0 Å². The Morgan fingerprint density at radius 3 is 2.46 bits per heavy atom. The Bertz CT molecular complexity index is 828. The minimum Gasteiger partial charge on any atom is -0.481 e. The molecule has 2 rings (SSSR count). The molecule has 0 aliphatic carbocycles. The van der Waals surface area contributed by atoms with E-state index in [1.165, 1.54) is 18.2 Å². The number of hydrogen-bond donors (Lipinski definition) is 2. The molecule has 0 saturated carbocycles. The van der Waals surface area contributed by atoms with E-state index in [4.69, 9.17) is 5.11 Å². The zero-order valence-corrected chi connectivity index (χ0v) is 14.6. The predicted octanol–water partition coefficient (Wildman–Crippen LogP) is 3.62. The molecule has 0 spiro atoms. The third-order valence-electron chi connectivity index (χ3n) is 3.89. The first-order valence-corrected chi connectivity index (χ1v) is 8.12. The van der Waals surface area contributed by atoms with E-state index in [-0.39, 0.29) is 30.0 Å². The van der Waals surface area contributed by atoms with Crippen molar-refractivity contribution in [1.82, 2.24) is 14.9 Å². The number of amides is 1. The number of rotatable bonds is 6. The van der Waals surface area contributed by atoms with Crippen LogP contribution < -0.4 is 5.32 Å². The number of benzene rings is 1. The summed E-state index contributed by atoms with van der Waals surface area (Å²) < 4.78 is 40.7. The Kier molecular flexibility index (Phi) is 5.58. The van der Waals surface area contributed by atoms with Crippen LogP contribution in [0.15, 0.2) is 18.2 Å². The molecule has 0 fully saturated rings. The third kappa shape index (κ3) is 4.33. The lowest BCUT2D eigenvalue weighted by atomic mass is 10.1. The van der Waals surface area contributed by atoms with Gasteiger partial charge in [-0.05, 0) is 45.4 Å². The maximum absolute atomic E-state index is 13.2. The molecule has 2 aromatic rings. The number of carboxylic acid groups (broad SMARTS) is 1. The summed E-state index contributed by atoms with van der Waals surface area (Å²) in [5.74, 6) is -2.46. The van der Waals surface area contributed by atoms with E-state index in [0.29, 0.717) is 5.52 Å². The highest BCUT2D eigenvalue weighted by atomic mass is 19.4. The molecule has 2 N–H and O–H groups in total. The molecule has 1 aromatic heterocycles. The van der Waals surface area contributed by atoms with Crippen molar-refractivity contribution in [2.45, 2.75) is 51.9 Å². The van der Waals surface area contributed by atoms with Crippen molar-refractivity contribution >= 4 is 22.9 Å². The molecule has 1 atom stereocenters. The van der Waals surface area contributed by atoms with Crippen molar-refractivity contribution in [3.8, 4) is 0 Å². The molecule has 6 nitrogen and oxygen atoms in total. The van der Waals surface area contributed by atoms with E-state index < -0.39 is 29.9 Å². The Balaban J connectivity index is 2.31. The normalized spacial score (nSPS) is 13.2. The SMILES string of the molecule is CC(CCC(=O)O)NC(=O)c1ccc2c(c1)nc(C(F)(F)F)n2C(C)C. The van der Waals surface area contributed by atoms with Gasteiger partial charge in [0.2, 0.25) is 5.82 Å². The number of imidazole rings is 1. The highest BCUT2D eigenvalue weighted by Crippen LogP contribution is 2.33. The monoisotopic (exact) mass is 371 g/mol. The number of alkyl halides is 3. The van der Waals surface area contributed by atoms with Crippen molar-refractivity contribution in [2.24, 2.45) is 0 Å². The van der Waals surface area contributed by atoms with E-state index in [1.807, 2.05) is 0 Å². The number of fused-ring (bicyclic) bond motifs is 1. The minimum atomic E-state index is -4.60. The summed E-state index contributed by atoms with van der Waals surface area (Å²) in [6.07, 6.45) is -4.44. The fourth-order valence-electron chi connectivity index (χ4n) is 2.68. The summed E-state index contributed by atoms with van der Waals surface area (Å²) >= 11 is 0. The van der Waals surface area contributed by atoms with E-state index >= 15 is 0 Å². The van der Waals surface area contributed by atoms with Crippen LogP contribution >= 0.6 is 0 Å². The van der Waals surface area contributed by atoms with Crippen molar-refractivity contribution < 1.29 is 27.9 Å². The standard InChI is InChI=1S/C17H20F3N3O3/c1-9(2)23-13-6-5-11(8-12(13)22-16(23)17(18,19)20)15(26)21-10(3)4-7-14(24)25/h5-6,8-10H,4,7H2,1-3H3,(H,21,26)(H,24,25). The number of hydrogen-bond acceptors (Lipinski definition) is 3. The number of carboxylic acids is 1. The number of carbonyl (C=O) groups excluding carboxylic acids is 1. The number of halogens is 3. The van der Waals surface area contributed by atoms with E-state index in [0.717, 1.165) is 4.57 Å². The van der Waals surface area contributed by atoms with Crippen molar-refractivity contribution in [3.63, 3.8) is 0 Å². The molecule has 1 unspecified atom stereocenters. The minimum absolute atomic E-state index is 0.0804. The molecule has 0 aliphatic heterocycles. The van der Waals surface area contributed by atoms with Gasteiger partial charge in [-0.3, -0.25) is 9.59 Å². The molecule has 1 amide bonds. The quantitative estimate of drug-likeness (QED) is 0.812. The van der Waals surface area contributed by atoms with Crippen molar-refractivity contribution in [2.75, 3.05) is 0 Å². The van der Waals surface area contributed by atoms with E-state index in [9.17, 15) is 22.8 Å². The topological polar surface area (TPSA) is 84.2 Å². The van der Waals surface area contributed by atoms with Gasteiger partial charge in [0.25, 0.3) is 5.91 Å². The fourth-order valence-corrected chi connectivity index (χ4v) is 2.68. The lowest BCUT2D eigenvalue weighted by Crippen LogP contribution is -2.32. The second-order valence-electron chi connectivity index (χ2n) is 6.41. The summed E-state index contributed by atoms with van der Waals surface area (Å²) in [7, 11) is 0. The van der Waals surface area contributed by atoms with Crippen molar-refractivity contribution in [1.29, 1.82) is 0 Å². The van der Waals surface area contributed by atoms with Crippen LogP contribution in [-0.2, 0) is 11.0 Å². The number of nitrogens with one attached hydrogen (secondary N) is 1. The molecule has 0 radical (unpaired) electrons. The Morgan fingerprint density at radius 2 is 1.92 bits per heavy atom. The number of aromatic nitrogens is 2. The molecule has 142 valence electrons. The van der Waals surface area contributed by atoms with Crippen LogP contribution in [0.2, 0.25) is 0 Å². The van der Waals surface area contributed by atoms with Gasteiger partial charge >= 0.3 is 12.1 Å². The summed E-state index contributed by atoms with van der Waals surface area (Å²) in [6, 6.07) is 3.35. The summed E-state index contributed by atoms with van der Waals surface area (Å²) in [4.78, 5) is 26.5. The Hall–Kier alpha value is -2.58. The first-order chi connectivity index (χ1) is 12.0. The fraction of sp³-hybridized carbons (Fsp3) is 0.471. The van der Waals surface area contributed by atoms with Crippen LogP contribution in [0.4, 0.5) is 13.2 Å². The molecular formula is C17H20F3N3O3. The summed E-state index contributed by atoms with van der Waals surface area (Å²) in [5, 5.41) is 11.3. The first-order valence-electron chi connectivity index (χ1n) is 8.12. The molecule has 1 heterocycles. The maximum atomic E-state index is 13.2. The van der Waals surface area contributed by atoms with Crippen LogP contribution in [0, 0.1) is 0 Å². The summed E-state index contributed by atoms with van der Waals surface area (Å²) in [5.41, 5.74) is 0.543. The van der Waals surface area contributed by atoms with Crippen LogP contribution in [-0.4, -0.2) is 32.6 Å². The number of carbonyl (C=O) groups is 2. The lowest BCUT2D eigenvalue weighted by Gasteiger charge is -2.15. The first kappa shape index (κ1) is 19.7. The molecule has 0 aliphatic rings. The second kappa shape index (κ2) is 7.35. The predicted molar refractivity (Wildman–Crippen MR) is 88.9 cm³/mol. The molecule has 0 bridgehead atoms. The number of nitrogens with zero attached hydrogens (tertiary/aromatic N) is 2. The van der Waals surface area contributed by atoms with E-state index in [1.54, 1.807) is 20.8 Å². The van der Waals surface area contributed by atoms with Gasteiger partial charge < -0.3 is 15.0 Å².